The molecule has 0 unspecified atom stereocenters. The SMILES string of the molecule is CCc1c(-c2ccc(C(=O)NC)nc2)cnc(N)c1-c1ccc(OCCOCCOCCNC(=O)C(F)(F)F)cc1. The van der Waals surface area contributed by atoms with Crippen LogP contribution < -0.4 is 21.1 Å². The maximum atomic E-state index is 12.1. The standard InChI is InChI=1S/C28H32F3N5O5/c1-3-21-22(19-6-9-23(35-16-19)26(37)33-2)17-36-25(32)24(21)18-4-7-20(8-5-18)41-15-14-40-13-12-39-11-10-34-27(38)28(29,30)31/h4-9,16-17H,3,10-15H2,1-2H3,(H2,32,36)(H,33,37)(H,34,38). The monoisotopic (exact) mass is 575 g/mol. The van der Waals surface area contributed by atoms with Crippen LogP contribution >= 0.6 is 0 Å². The highest BCUT2D eigenvalue weighted by Crippen LogP contribution is 2.36. The molecule has 0 aliphatic heterocycles. The fraction of sp³-hybridized carbons (Fsp3) is 0.357. The van der Waals surface area contributed by atoms with Crippen LogP contribution in [0.2, 0.25) is 0 Å². The van der Waals surface area contributed by atoms with Crippen LogP contribution in [0, 0.1) is 0 Å². The lowest BCUT2D eigenvalue weighted by Gasteiger charge is -2.16. The Morgan fingerprint density at radius 2 is 1.56 bits per heavy atom. The van der Waals surface area contributed by atoms with Crippen molar-refractivity contribution >= 4 is 17.6 Å². The molecule has 10 nitrogen and oxygen atoms in total. The van der Waals surface area contributed by atoms with Crippen LogP contribution in [0.15, 0.2) is 48.8 Å². The molecule has 13 heteroatoms. The summed E-state index contributed by atoms with van der Waals surface area (Å²) in [6, 6.07) is 10.9. The summed E-state index contributed by atoms with van der Waals surface area (Å²) in [5, 5.41) is 4.27. The molecule has 0 radical (unpaired) electrons. The molecule has 0 spiro atoms. The number of alkyl halides is 3. The number of amides is 2. The zero-order valence-corrected chi connectivity index (χ0v) is 22.7. The van der Waals surface area contributed by atoms with E-state index in [1.165, 1.54) is 0 Å². The molecule has 0 bridgehead atoms. The molecule has 2 amide bonds. The van der Waals surface area contributed by atoms with Gasteiger partial charge >= 0.3 is 12.1 Å². The summed E-state index contributed by atoms with van der Waals surface area (Å²) < 4.78 is 52.4. The smallest absolute Gasteiger partial charge is 0.471 e. The van der Waals surface area contributed by atoms with Crippen LogP contribution in [0.1, 0.15) is 23.0 Å². The third-order valence-electron chi connectivity index (χ3n) is 5.90. The normalized spacial score (nSPS) is 11.2. The number of aromatic nitrogens is 2. The van der Waals surface area contributed by atoms with Gasteiger partial charge in [0.2, 0.25) is 0 Å². The number of anilines is 1. The molecular formula is C28H32F3N5O5. The van der Waals surface area contributed by atoms with Crippen molar-refractivity contribution in [3.05, 3.63) is 60.0 Å². The first-order chi connectivity index (χ1) is 19.7. The van der Waals surface area contributed by atoms with Crippen molar-refractivity contribution in [2.45, 2.75) is 19.5 Å². The molecule has 1 aromatic carbocycles. The van der Waals surface area contributed by atoms with Gasteiger partial charge in [0.05, 0.1) is 26.4 Å². The Kier molecular flexibility index (Phi) is 11.4. The van der Waals surface area contributed by atoms with Gasteiger partial charge in [-0.2, -0.15) is 13.2 Å². The van der Waals surface area contributed by atoms with Crippen molar-refractivity contribution in [2.24, 2.45) is 0 Å². The molecule has 0 saturated heterocycles. The van der Waals surface area contributed by atoms with Crippen LogP contribution in [-0.2, 0) is 20.7 Å². The predicted octanol–water partition coefficient (Wildman–Crippen LogP) is 3.41. The zero-order valence-electron chi connectivity index (χ0n) is 22.7. The second kappa shape index (κ2) is 15.0. The summed E-state index contributed by atoms with van der Waals surface area (Å²) in [6.45, 7) is 2.68. The number of ether oxygens (including phenoxy) is 3. The Balaban J connectivity index is 1.50. The Bertz CT molecular complexity index is 1300. The number of nitrogens with two attached hydrogens (primary N) is 1. The first kappa shape index (κ1) is 31.3. The number of hydrogen-bond donors (Lipinski definition) is 3. The molecule has 2 aromatic heterocycles. The first-order valence-corrected chi connectivity index (χ1v) is 12.8. The van der Waals surface area contributed by atoms with Gasteiger partial charge in [-0.1, -0.05) is 25.1 Å². The van der Waals surface area contributed by atoms with Gasteiger partial charge in [-0.25, -0.2) is 4.98 Å². The molecule has 41 heavy (non-hydrogen) atoms. The summed E-state index contributed by atoms with van der Waals surface area (Å²) in [5.41, 5.74) is 11.0. The minimum atomic E-state index is -4.90. The van der Waals surface area contributed by atoms with Crippen molar-refractivity contribution in [3.63, 3.8) is 0 Å². The Labute approximate surface area is 235 Å². The number of nitrogen functional groups attached to an aromatic ring is 1. The minimum Gasteiger partial charge on any atom is -0.491 e. The van der Waals surface area contributed by atoms with E-state index in [1.807, 2.05) is 37.3 Å². The molecule has 0 saturated carbocycles. The number of nitrogens with one attached hydrogen (secondary N) is 2. The van der Waals surface area contributed by atoms with E-state index in [2.05, 4.69) is 15.3 Å². The third-order valence-corrected chi connectivity index (χ3v) is 5.90. The molecule has 0 aliphatic rings. The number of benzene rings is 1. The first-order valence-electron chi connectivity index (χ1n) is 12.8. The van der Waals surface area contributed by atoms with E-state index >= 15 is 0 Å². The number of halogens is 3. The summed E-state index contributed by atoms with van der Waals surface area (Å²) in [5.74, 6) is -1.23. The minimum absolute atomic E-state index is 0.0580. The second-order valence-corrected chi connectivity index (χ2v) is 8.63. The summed E-state index contributed by atoms with van der Waals surface area (Å²) in [4.78, 5) is 31.2. The van der Waals surface area contributed by atoms with Crippen LogP contribution in [0.4, 0.5) is 19.0 Å². The lowest BCUT2D eigenvalue weighted by Crippen LogP contribution is -2.38. The van der Waals surface area contributed by atoms with Gasteiger partial charge < -0.3 is 30.6 Å². The van der Waals surface area contributed by atoms with E-state index in [-0.39, 0.29) is 45.5 Å². The van der Waals surface area contributed by atoms with E-state index < -0.39 is 12.1 Å². The summed E-state index contributed by atoms with van der Waals surface area (Å²) in [7, 11) is 1.55. The average Bonchev–Trinajstić information content (AvgIpc) is 2.97. The molecule has 2 heterocycles. The van der Waals surface area contributed by atoms with Gasteiger partial charge in [0.15, 0.2) is 0 Å². The Hall–Kier alpha value is -4.23. The number of nitrogens with zero attached hydrogens (tertiary/aromatic N) is 2. The Morgan fingerprint density at radius 3 is 2.17 bits per heavy atom. The van der Waals surface area contributed by atoms with Gasteiger partial charge in [0, 0.05) is 42.7 Å². The number of pyridine rings is 2. The molecule has 3 rings (SSSR count). The number of rotatable bonds is 14. The van der Waals surface area contributed by atoms with Gasteiger partial charge in [-0.05, 0) is 35.7 Å². The largest absolute Gasteiger partial charge is 0.491 e. The lowest BCUT2D eigenvalue weighted by atomic mass is 9.92. The summed E-state index contributed by atoms with van der Waals surface area (Å²) >= 11 is 0. The quantitative estimate of drug-likeness (QED) is 0.249. The van der Waals surface area contributed by atoms with Gasteiger partial charge in [0.1, 0.15) is 23.9 Å². The highest BCUT2D eigenvalue weighted by Gasteiger charge is 2.38. The number of hydrogen-bond acceptors (Lipinski definition) is 8. The topological polar surface area (TPSA) is 138 Å². The van der Waals surface area contributed by atoms with Crippen LogP contribution in [0.5, 0.6) is 5.75 Å². The fourth-order valence-electron chi connectivity index (χ4n) is 3.91. The molecule has 4 N–H and O–H groups in total. The van der Waals surface area contributed by atoms with E-state index in [4.69, 9.17) is 19.9 Å². The van der Waals surface area contributed by atoms with E-state index in [0.717, 1.165) is 27.8 Å². The maximum Gasteiger partial charge on any atom is 0.471 e. The number of carbonyl (C=O) groups is 2. The molecule has 0 atom stereocenters. The van der Waals surface area contributed by atoms with E-state index in [9.17, 15) is 22.8 Å². The third kappa shape index (κ3) is 8.88. The van der Waals surface area contributed by atoms with E-state index in [0.29, 0.717) is 23.7 Å². The lowest BCUT2D eigenvalue weighted by molar-refractivity contribution is -0.173. The van der Waals surface area contributed by atoms with Crippen LogP contribution in [-0.4, -0.2) is 74.6 Å². The van der Waals surface area contributed by atoms with Crippen molar-refractivity contribution < 1.29 is 37.0 Å². The van der Waals surface area contributed by atoms with Crippen LogP contribution in [0.3, 0.4) is 0 Å². The van der Waals surface area contributed by atoms with E-state index in [1.54, 1.807) is 30.8 Å². The zero-order chi connectivity index (χ0) is 29.8. The van der Waals surface area contributed by atoms with Gasteiger partial charge in [0.25, 0.3) is 5.91 Å². The maximum absolute atomic E-state index is 12.1. The average molecular weight is 576 g/mol. The second-order valence-electron chi connectivity index (χ2n) is 8.63. The number of carbonyl (C=O) groups excluding carboxylic acids is 2. The van der Waals surface area contributed by atoms with Crippen molar-refractivity contribution in [3.8, 4) is 28.0 Å². The van der Waals surface area contributed by atoms with Gasteiger partial charge in [-0.15, -0.1) is 0 Å². The van der Waals surface area contributed by atoms with Gasteiger partial charge in [-0.3, -0.25) is 14.6 Å². The van der Waals surface area contributed by atoms with Crippen molar-refractivity contribution in [1.29, 1.82) is 0 Å². The van der Waals surface area contributed by atoms with Crippen molar-refractivity contribution in [2.75, 3.05) is 52.4 Å². The molecule has 0 aliphatic carbocycles. The highest BCUT2D eigenvalue weighted by molar-refractivity contribution is 5.92. The molecule has 0 fully saturated rings. The predicted molar refractivity (Wildman–Crippen MR) is 146 cm³/mol. The molecular weight excluding hydrogens is 543 g/mol. The van der Waals surface area contributed by atoms with Crippen molar-refractivity contribution in [1.82, 2.24) is 20.6 Å². The molecule has 220 valence electrons. The summed E-state index contributed by atoms with van der Waals surface area (Å²) in [6.07, 6.45) is -0.859. The molecule has 3 aromatic rings. The highest BCUT2D eigenvalue weighted by atomic mass is 19.4. The Morgan fingerprint density at radius 1 is 0.902 bits per heavy atom. The fourth-order valence-corrected chi connectivity index (χ4v) is 3.91. The van der Waals surface area contributed by atoms with Crippen LogP contribution in [0.25, 0.3) is 22.3 Å².